The maximum atomic E-state index is 8.45. The van der Waals surface area contributed by atoms with Crippen LogP contribution in [0.15, 0.2) is 0 Å². The van der Waals surface area contributed by atoms with Crippen LogP contribution in [0, 0.1) is 0 Å². The first-order chi connectivity index (χ1) is 4.64. The minimum absolute atomic E-state index is 0.0898. The summed E-state index contributed by atoms with van der Waals surface area (Å²) in [5, 5.41) is 8.45. The molecule has 0 unspecified atom stereocenters. The molecule has 2 N–H and O–H groups in total. The van der Waals surface area contributed by atoms with Gasteiger partial charge in [-0.2, -0.15) is 5.48 Å². The molecule has 0 spiro atoms. The molecule has 1 rings (SSSR count). The summed E-state index contributed by atoms with van der Waals surface area (Å²) >= 11 is 0. The van der Waals surface area contributed by atoms with Crippen LogP contribution in [0.4, 0.5) is 0 Å². The number of nitrogens with one attached hydrogen (secondary N) is 1. The monoisotopic (exact) mass is 147 g/mol. The summed E-state index contributed by atoms with van der Waals surface area (Å²) in [5.74, 6) is -0.493. The van der Waals surface area contributed by atoms with E-state index in [2.05, 4.69) is 5.48 Å². The molecule has 0 radical (unpaired) electrons. The third kappa shape index (κ3) is 1.91. The van der Waals surface area contributed by atoms with Gasteiger partial charge in [0.05, 0.1) is 19.3 Å². The highest BCUT2D eigenvalue weighted by Gasteiger charge is 2.27. The molecule has 0 aromatic heterocycles. The van der Waals surface area contributed by atoms with Crippen LogP contribution in [0.1, 0.15) is 13.8 Å². The van der Waals surface area contributed by atoms with E-state index in [1.165, 1.54) is 0 Å². The van der Waals surface area contributed by atoms with E-state index in [0.29, 0.717) is 13.2 Å². The second-order valence-electron chi connectivity index (χ2n) is 2.85. The predicted molar refractivity (Wildman–Crippen MR) is 34.7 cm³/mol. The average Bonchev–Trinajstić information content (AvgIpc) is 1.88. The van der Waals surface area contributed by atoms with Gasteiger partial charge in [-0.25, -0.2) is 0 Å². The van der Waals surface area contributed by atoms with E-state index < -0.39 is 5.79 Å². The van der Waals surface area contributed by atoms with Gasteiger partial charge in [0.15, 0.2) is 5.79 Å². The van der Waals surface area contributed by atoms with Gasteiger partial charge in [-0.1, -0.05) is 0 Å². The van der Waals surface area contributed by atoms with Crippen molar-refractivity contribution < 1.29 is 14.7 Å². The Balaban J connectivity index is 2.31. The standard InChI is InChI=1S/C6H13NO3/c1-6(2)9-3-5(7-8)4-10-6/h5,7-8H,3-4H2,1-2H3. The average molecular weight is 147 g/mol. The summed E-state index contributed by atoms with van der Waals surface area (Å²) in [5.41, 5.74) is 2.09. The molecule has 0 aromatic carbocycles. The van der Waals surface area contributed by atoms with Crippen molar-refractivity contribution in [3.05, 3.63) is 0 Å². The Morgan fingerprint density at radius 2 is 1.90 bits per heavy atom. The molecule has 1 heterocycles. The molecular formula is C6H13NO3. The Hall–Kier alpha value is -0.160. The number of ether oxygens (including phenoxy) is 2. The van der Waals surface area contributed by atoms with Crippen LogP contribution >= 0.6 is 0 Å². The third-order valence-corrected chi connectivity index (χ3v) is 1.45. The van der Waals surface area contributed by atoms with E-state index in [1.54, 1.807) is 0 Å². The normalized spacial score (nSPS) is 26.7. The number of hydroxylamine groups is 1. The van der Waals surface area contributed by atoms with Crippen LogP contribution in [0.25, 0.3) is 0 Å². The lowest BCUT2D eigenvalue weighted by Gasteiger charge is -2.34. The van der Waals surface area contributed by atoms with Crippen molar-refractivity contribution in [1.29, 1.82) is 0 Å². The van der Waals surface area contributed by atoms with Gasteiger partial charge in [0.1, 0.15) is 0 Å². The Morgan fingerprint density at radius 1 is 1.40 bits per heavy atom. The lowest BCUT2D eigenvalue weighted by molar-refractivity contribution is -0.259. The molecule has 1 aliphatic heterocycles. The zero-order chi connectivity index (χ0) is 7.61. The maximum Gasteiger partial charge on any atom is 0.162 e. The van der Waals surface area contributed by atoms with Crippen LogP contribution in [0.3, 0.4) is 0 Å². The lowest BCUT2D eigenvalue weighted by Crippen LogP contribution is -2.47. The summed E-state index contributed by atoms with van der Waals surface area (Å²) in [4.78, 5) is 0. The molecule has 1 fully saturated rings. The van der Waals surface area contributed by atoms with Gasteiger partial charge in [-0.15, -0.1) is 0 Å². The highest BCUT2D eigenvalue weighted by atomic mass is 16.7. The van der Waals surface area contributed by atoms with Gasteiger partial charge < -0.3 is 14.7 Å². The van der Waals surface area contributed by atoms with E-state index in [1.807, 2.05) is 13.8 Å². The minimum Gasteiger partial charge on any atom is -0.349 e. The summed E-state index contributed by atoms with van der Waals surface area (Å²) in [7, 11) is 0. The fourth-order valence-corrected chi connectivity index (χ4v) is 0.767. The molecule has 1 aliphatic rings. The van der Waals surface area contributed by atoms with Crippen LogP contribution in [-0.4, -0.2) is 30.2 Å². The van der Waals surface area contributed by atoms with Crippen molar-refractivity contribution in [2.75, 3.05) is 13.2 Å². The maximum absolute atomic E-state index is 8.45. The van der Waals surface area contributed by atoms with Crippen molar-refractivity contribution in [2.24, 2.45) is 0 Å². The van der Waals surface area contributed by atoms with E-state index in [0.717, 1.165) is 0 Å². The van der Waals surface area contributed by atoms with Crippen molar-refractivity contribution in [2.45, 2.75) is 25.7 Å². The van der Waals surface area contributed by atoms with Crippen molar-refractivity contribution >= 4 is 0 Å². The molecule has 0 amide bonds. The topological polar surface area (TPSA) is 50.7 Å². The molecule has 0 bridgehead atoms. The van der Waals surface area contributed by atoms with E-state index in [9.17, 15) is 0 Å². The predicted octanol–water partition coefficient (Wildman–Crippen LogP) is 0.117. The highest BCUT2D eigenvalue weighted by molar-refractivity contribution is 4.69. The molecule has 0 aromatic rings. The van der Waals surface area contributed by atoms with Gasteiger partial charge in [-0.3, -0.25) is 0 Å². The second kappa shape index (κ2) is 2.84. The zero-order valence-electron chi connectivity index (χ0n) is 6.26. The first-order valence-corrected chi connectivity index (χ1v) is 3.31. The number of rotatable bonds is 1. The summed E-state index contributed by atoms with van der Waals surface area (Å²) in [6.45, 7) is 4.67. The molecular weight excluding hydrogens is 134 g/mol. The number of hydrogen-bond acceptors (Lipinski definition) is 4. The highest BCUT2D eigenvalue weighted by Crippen LogP contribution is 2.16. The third-order valence-electron chi connectivity index (χ3n) is 1.45. The van der Waals surface area contributed by atoms with E-state index in [4.69, 9.17) is 14.7 Å². The fraction of sp³-hybridized carbons (Fsp3) is 1.00. The second-order valence-corrected chi connectivity index (χ2v) is 2.85. The molecule has 0 atom stereocenters. The lowest BCUT2D eigenvalue weighted by atomic mass is 10.3. The van der Waals surface area contributed by atoms with Crippen molar-refractivity contribution in [3.63, 3.8) is 0 Å². The minimum atomic E-state index is -0.493. The first-order valence-electron chi connectivity index (χ1n) is 3.31. The van der Waals surface area contributed by atoms with Gasteiger partial charge in [0.25, 0.3) is 0 Å². The van der Waals surface area contributed by atoms with Gasteiger partial charge in [0, 0.05) is 0 Å². The molecule has 4 nitrogen and oxygen atoms in total. The molecule has 1 saturated heterocycles. The number of hydrogen-bond donors (Lipinski definition) is 2. The smallest absolute Gasteiger partial charge is 0.162 e. The van der Waals surface area contributed by atoms with Crippen LogP contribution in [0.5, 0.6) is 0 Å². The van der Waals surface area contributed by atoms with Gasteiger partial charge >= 0.3 is 0 Å². The Bertz CT molecular complexity index is 106. The van der Waals surface area contributed by atoms with Crippen molar-refractivity contribution in [1.82, 2.24) is 5.48 Å². The Labute approximate surface area is 60.1 Å². The van der Waals surface area contributed by atoms with Crippen LogP contribution < -0.4 is 5.48 Å². The summed E-state index contributed by atoms with van der Waals surface area (Å²) in [6, 6.07) is -0.0898. The zero-order valence-corrected chi connectivity index (χ0v) is 6.26. The quantitative estimate of drug-likeness (QED) is 0.517. The SMILES string of the molecule is CC1(C)OCC(NO)CO1. The first kappa shape index (κ1) is 7.94. The molecule has 60 valence electrons. The Kier molecular flexibility index (Phi) is 2.25. The largest absolute Gasteiger partial charge is 0.349 e. The molecule has 10 heavy (non-hydrogen) atoms. The fourth-order valence-electron chi connectivity index (χ4n) is 0.767. The molecule has 4 heteroatoms. The summed E-state index contributed by atoms with van der Waals surface area (Å²) < 4.78 is 10.4. The van der Waals surface area contributed by atoms with Gasteiger partial charge in [0.2, 0.25) is 0 Å². The Morgan fingerprint density at radius 3 is 2.30 bits per heavy atom. The van der Waals surface area contributed by atoms with Crippen molar-refractivity contribution in [3.8, 4) is 0 Å². The van der Waals surface area contributed by atoms with Crippen LogP contribution in [-0.2, 0) is 9.47 Å². The van der Waals surface area contributed by atoms with Crippen LogP contribution in [0.2, 0.25) is 0 Å². The molecule has 0 aliphatic carbocycles. The molecule has 0 saturated carbocycles. The van der Waals surface area contributed by atoms with E-state index in [-0.39, 0.29) is 6.04 Å². The van der Waals surface area contributed by atoms with Gasteiger partial charge in [-0.05, 0) is 13.8 Å². The summed E-state index contributed by atoms with van der Waals surface area (Å²) in [6.07, 6.45) is 0. The van der Waals surface area contributed by atoms with E-state index >= 15 is 0 Å².